The van der Waals surface area contributed by atoms with Crippen LogP contribution in [0, 0.1) is 17.2 Å². The van der Waals surface area contributed by atoms with Crippen molar-refractivity contribution in [1.29, 1.82) is 0 Å². The van der Waals surface area contributed by atoms with Crippen LogP contribution in [0.1, 0.15) is 57.1 Å². The molecule has 4 heteroatoms. The summed E-state index contributed by atoms with van der Waals surface area (Å²) in [5, 5.41) is 10.8. The van der Waals surface area contributed by atoms with Crippen LogP contribution in [0.2, 0.25) is 5.02 Å². The first kappa shape index (κ1) is 16.7. The van der Waals surface area contributed by atoms with Crippen LogP contribution in [0.25, 0.3) is 0 Å². The molecule has 1 aliphatic carbocycles. The van der Waals surface area contributed by atoms with Gasteiger partial charge in [-0.2, -0.15) is 0 Å². The Bertz CT molecular complexity index is 472. The highest BCUT2D eigenvalue weighted by Gasteiger charge is 2.41. The maximum absolute atomic E-state index is 14.2. The highest BCUT2D eigenvalue weighted by Crippen LogP contribution is 2.48. The molecule has 0 saturated heterocycles. The SMILES string of the molecule is CCCC1CCC(CN)(C(O)c2cccc(Cl)c2F)CC1. The van der Waals surface area contributed by atoms with E-state index in [9.17, 15) is 9.50 Å². The zero-order valence-electron chi connectivity index (χ0n) is 12.6. The molecule has 0 bridgehead atoms. The molecule has 21 heavy (non-hydrogen) atoms. The van der Waals surface area contributed by atoms with Gasteiger partial charge in [0.25, 0.3) is 0 Å². The van der Waals surface area contributed by atoms with Crippen molar-refractivity contribution in [2.75, 3.05) is 6.54 Å². The maximum atomic E-state index is 14.2. The fourth-order valence-electron chi connectivity index (χ4n) is 3.60. The van der Waals surface area contributed by atoms with Crippen LogP contribution in [-0.2, 0) is 0 Å². The zero-order valence-corrected chi connectivity index (χ0v) is 13.4. The van der Waals surface area contributed by atoms with Crippen LogP contribution in [0.3, 0.4) is 0 Å². The highest BCUT2D eigenvalue weighted by molar-refractivity contribution is 6.30. The Hall–Kier alpha value is -0.640. The normalized spacial score (nSPS) is 27.6. The first-order valence-electron chi connectivity index (χ1n) is 7.86. The molecule has 2 rings (SSSR count). The van der Waals surface area contributed by atoms with Crippen molar-refractivity contribution < 1.29 is 9.50 Å². The molecule has 0 radical (unpaired) electrons. The number of hydrogen-bond donors (Lipinski definition) is 2. The second-order valence-corrected chi connectivity index (χ2v) is 6.75. The van der Waals surface area contributed by atoms with E-state index in [0.29, 0.717) is 12.5 Å². The maximum Gasteiger partial charge on any atom is 0.147 e. The van der Waals surface area contributed by atoms with E-state index in [-0.39, 0.29) is 10.6 Å². The number of halogens is 2. The summed E-state index contributed by atoms with van der Waals surface area (Å²) in [7, 11) is 0. The summed E-state index contributed by atoms with van der Waals surface area (Å²) in [5.41, 5.74) is 5.83. The van der Waals surface area contributed by atoms with Gasteiger partial charge in [-0.1, -0.05) is 43.5 Å². The molecule has 1 aliphatic rings. The lowest BCUT2D eigenvalue weighted by atomic mass is 9.65. The summed E-state index contributed by atoms with van der Waals surface area (Å²) >= 11 is 5.83. The Kier molecular flexibility index (Phi) is 5.64. The van der Waals surface area contributed by atoms with E-state index in [0.717, 1.165) is 25.7 Å². The second kappa shape index (κ2) is 7.08. The van der Waals surface area contributed by atoms with Gasteiger partial charge in [0, 0.05) is 17.5 Å². The van der Waals surface area contributed by atoms with Crippen LogP contribution in [0.15, 0.2) is 18.2 Å². The van der Waals surface area contributed by atoms with Crippen LogP contribution in [0.5, 0.6) is 0 Å². The fourth-order valence-corrected chi connectivity index (χ4v) is 3.78. The molecule has 118 valence electrons. The summed E-state index contributed by atoms with van der Waals surface area (Å²) in [6, 6.07) is 4.79. The summed E-state index contributed by atoms with van der Waals surface area (Å²) in [6.45, 7) is 2.57. The molecule has 3 N–H and O–H groups in total. The molecule has 1 aromatic carbocycles. The van der Waals surface area contributed by atoms with Gasteiger partial charge < -0.3 is 10.8 Å². The topological polar surface area (TPSA) is 46.2 Å². The van der Waals surface area contributed by atoms with E-state index in [1.807, 2.05) is 0 Å². The number of aliphatic hydroxyl groups is 1. The molecule has 2 nitrogen and oxygen atoms in total. The summed E-state index contributed by atoms with van der Waals surface area (Å²) in [4.78, 5) is 0. The van der Waals surface area contributed by atoms with E-state index < -0.39 is 17.3 Å². The minimum atomic E-state index is -0.885. The summed E-state index contributed by atoms with van der Waals surface area (Å²) in [6.07, 6.45) is 5.34. The summed E-state index contributed by atoms with van der Waals surface area (Å²) < 4.78 is 14.2. The number of hydrogen-bond acceptors (Lipinski definition) is 2. The van der Waals surface area contributed by atoms with Crippen LogP contribution >= 0.6 is 11.6 Å². The Morgan fingerprint density at radius 3 is 2.67 bits per heavy atom. The number of rotatable bonds is 5. The van der Waals surface area contributed by atoms with Crippen molar-refractivity contribution in [3.05, 3.63) is 34.6 Å². The number of aliphatic hydroxyl groups excluding tert-OH is 1. The van der Waals surface area contributed by atoms with Gasteiger partial charge in [-0.05, 0) is 37.7 Å². The first-order chi connectivity index (χ1) is 10.0. The Morgan fingerprint density at radius 1 is 1.43 bits per heavy atom. The third-order valence-electron chi connectivity index (χ3n) is 5.06. The average molecular weight is 314 g/mol. The van der Waals surface area contributed by atoms with Gasteiger partial charge in [-0.3, -0.25) is 0 Å². The molecule has 1 aromatic rings. The zero-order chi connectivity index (χ0) is 15.5. The van der Waals surface area contributed by atoms with Gasteiger partial charge in [0.2, 0.25) is 0 Å². The molecule has 1 saturated carbocycles. The van der Waals surface area contributed by atoms with Crippen molar-refractivity contribution in [2.45, 2.75) is 51.6 Å². The monoisotopic (exact) mass is 313 g/mol. The minimum absolute atomic E-state index is 0.0541. The average Bonchev–Trinajstić information content (AvgIpc) is 2.51. The van der Waals surface area contributed by atoms with E-state index in [2.05, 4.69) is 6.92 Å². The molecule has 1 unspecified atom stereocenters. The van der Waals surface area contributed by atoms with Crippen LogP contribution < -0.4 is 5.73 Å². The van der Waals surface area contributed by atoms with E-state index >= 15 is 0 Å². The van der Waals surface area contributed by atoms with Crippen molar-refractivity contribution in [2.24, 2.45) is 17.1 Å². The van der Waals surface area contributed by atoms with Crippen molar-refractivity contribution >= 4 is 11.6 Å². The highest BCUT2D eigenvalue weighted by atomic mass is 35.5. The van der Waals surface area contributed by atoms with Crippen molar-refractivity contribution in [1.82, 2.24) is 0 Å². The molecule has 0 heterocycles. The summed E-state index contributed by atoms with van der Waals surface area (Å²) in [5.74, 6) is 0.196. The lowest BCUT2D eigenvalue weighted by molar-refractivity contribution is -0.0128. The smallest absolute Gasteiger partial charge is 0.147 e. The molecule has 0 aromatic heterocycles. The molecule has 1 atom stereocenters. The predicted octanol–water partition coefficient (Wildman–Crippen LogP) is 4.45. The Morgan fingerprint density at radius 2 is 2.10 bits per heavy atom. The molecule has 0 spiro atoms. The Balaban J connectivity index is 2.19. The van der Waals surface area contributed by atoms with E-state index in [1.165, 1.54) is 18.9 Å². The predicted molar refractivity (Wildman–Crippen MR) is 84.7 cm³/mol. The third-order valence-corrected chi connectivity index (χ3v) is 5.35. The number of nitrogens with two attached hydrogens (primary N) is 1. The van der Waals surface area contributed by atoms with Gasteiger partial charge in [-0.25, -0.2) is 4.39 Å². The van der Waals surface area contributed by atoms with E-state index in [1.54, 1.807) is 12.1 Å². The molecule has 1 fully saturated rings. The number of benzene rings is 1. The minimum Gasteiger partial charge on any atom is -0.388 e. The molecular weight excluding hydrogens is 289 g/mol. The third kappa shape index (κ3) is 3.41. The lowest BCUT2D eigenvalue weighted by Gasteiger charge is -2.43. The van der Waals surface area contributed by atoms with E-state index in [4.69, 9.17) is 17.3 Å². The van der Waals surface area contributed by atoms with Crippen molar-refractivity contribution in [3.63, 3.8) is 0 Å². The van der Waals surface area contributed by atoms with Crippen LogP contribution in [-0.4, -0.2) is 11.7 Å². The standard InChI is InChI=1S/C17H25ClFNO/c1-2-4-12-7-9-17(11-20,10-8-12)16(21)13-5-3-6-14(18)15(13)19/h3,5-6,12,16,21H,2,4,7-11,20H2,1H3. The van der Waals surface area contributed by atoms with Gasteiger partial charge in [-0.15, -0.1) is 0 Å². The lowest BCUT2D eigenvalue weighted by Crippen LogP contribution is -2.40. The quantitative estimate of drug-likeness (QED) is 0.843. The molecule has 0 amide bonds. The van der Waals surface area contributed by atoms with Gasteiger partial charge in [0.15, 0.2) is 0 Å². The van der Waals surface area contributed by atoms with Crippen molar-refractivity contribution in [3.8, 4) is 0 Å². The fraction of sp³-hybridized carbons (Fsp3) is 0.647. The Labute approximate surface area is 131 Å². The van der Waals surface area contributed by atoms with Crippen LogP contribution in [0.4, 0.5) is 4.39 Å². The van der Waals surface area contributed by atoms with Gasteiger partial charge >= 0.3 is 0 Å². The van der Waals surface area contributed by atoms with Gasteiger partial charge in [0.05, 0.1) is 11.1 Å². The molecular formula is C17H25ClFNO. The largest absolute Gasteiger partial charge is 0.388 e. The first-order valence-corrected chi connectivity index (χ1v) is 8.24. The molecule has 0 aliphatic heterocycles. The second-order valence-electron chi connectivity index (χ2n) is 6.34. The van der Waals surface area contributed by atoms with Gasteiger partial charge in [0.1, 0.15) is 5.82 Å².